The minimum Gasteiger partial charge on any atom is -0.374 e. The fraction of sp³-hybridized carbons (Fsp3) is 1.00. The molecule has 2 unspecified atom stereocenters. The van der Waals surface area contributed by atoms with Gasteiger partial charge in [0.25, 0.3) is 0 Å². The Morgan fingerprint density at radius 2 is 2.33 bits per heavy atom. The lowest BCUT2D eigenvalue weighted by Gasteiger charge is -2.01. The summed E-state index contributed by atoms with van der Waals surface area (Å²) in [5.74, 6) is 0. The van der Waals surface area contributed by atoms with Crippen molar-refractivity contribution in [1.29, 1.82) is 0 Å². The van der Waals surface area contributed by atoms with Crippen LogP contribution in [-0.2, 0) is 9.30 Å². The van der Waals surface area contributed by atoms with Crippen molar-refractivity contribution in [3.63, 3.8) is 0 Å². The van der Waals surface area contributed by atoms with Crippen LogP contribution in [0, 0.1) is 0 Å². The van der Waals surface area contributed by atoms with Crippen LogP contribution in [0.15, 0.2) is 0 Å². The van der Waals surface area contributed by atoms with Crippen LogP contribution in [0.4, 0.5) is 0 Å². The predicted molar refractivity (Wildman–Crippen MR) is 35.8 cm³/mol. The second kappa shape index (κ2) is 4.86. The number of rotatable bonds is 4. The van der Waals surface area contributed by atoms with E-state index < -0.39 is 8.03 Å². The highest BCUT2D eigenvalue weighted by Crippen LogP contribution is 2.15. The maximum atomic E-state index is 10.2. The molecule has 0 spiro atoms. The first kappa shape index (κ1) is 9.02. The fourth-order valence-corrected chi connectivity index (χ4v) is 1.10. The highest BCUT2D eigenvalue weighted by molar-refractivity contribution is 7.38. The Labute approximate surface area is 55.9 Å². The first-order valence-electron chi connectivity index (χ1n) is 2.92. The quantitative estimate of drug-likeness (QED) is 0.613. The summed E-state index contributed by atoms with van der Waals surface area (Å²) in [6.07, 6.45) is 0.145. The molecule has 0 radical (unpaired) electrons. The molecule has 0 rings (SSSR count). The summed E-state index contributed by atoms with van der Waals surface area (Å²) in [7, 11) is -2.03. The molecule has 1 N–H and O–H groups in total. The fourth-order valence-electron chi connectivity index (χ4n) is 0.557. The predicted octanol–water partition coefficient (Wildman–Crippen LogP) is 1.15. The third kappa shape index (κ3) is 5.90. The van der Waals surface area contributed by atoms with Gasteiger partial charge < -0.3 is 4.74 Å². The molecule has 2 atom stereocenters. The van der Waals surface area contributed by atoms with Gasteiger partial charge in [-0.2, -0.15) is 4.89 Å². The molecule has 54 valence electrons. The second-order valence-electron chi connectivity index (χ2n) is 1.80. The molecular weight excluding hydrogens is 139 g/mol. The summed E-state index contributed by atoms with van der Waals surface area (Å²) in [4.78, 5) is 8.38. The van der Waals surface area contributed by atoms with Gasteiger partial charge in [-0.05, 0) is 18.4 Å². The molecule has 0 aliphatic rings. The lowest BCUT2D eigenvalue weighted by Crippen LogP contribution is -2.10. The number of hydrogen-bond acceptors (Lipinski definition) is 2. The van der Waals surface area contributed by atoms with Crippen molar-refractivity contribution in [2.24, 2.45) is 0 Å². The van der Waals surface area contributed by atoms with E-state index in [-0.39, 0.29) is 12.3 Å². The minimum absolute atomic E-state index is 0.0939. The van der Waals surface area contributed by atoms with E-state index in [9.17, 15) is 4.57 Å². The van der Waals surface area contributed by atoms with Crippen LogP contribution in [0.1, 0.15) is 13.8 Å². The zero-order valence-electron chi connectivity index (χ0n) is 5.70. The summed E-state index contributed by atoms with van der Waals surface area (Å²) in [6, 6.07) is 0. The maximum absolute atomic E-state index is 10.2. The molecule has 0 aliphatic heterocycles. The van der Waals surface area contributed by atoms with Crippen molar-refractivity contribution in [3.8, 4) is 0 Å². The zero-order valence-corrected chi connectivity index (χ0v) is 6.60. The van der Waals surface area contributed by atoms with Gasteiger partial charge in [-0.15, -0.1) is 0 Å². The van der Waals surface area contributed by atoms with Gasteiger partial charge in [-0.3, -0.25) is 0 Å². The Bertz CT molecular complexity index is 94.2. The highest BCUT2D eigenvalue weighted by atomic mass is 31.1. The molecule has 4 heteroatoms. The normalized spacial score (nSPS) is 15.2. The number of ether oxygens (including phenoxy) is 1. The first-order chi connectivity index (χ1) is 4.16. The zero-order chi connectivity index (χ0) is 7.28. The maximum Gasteiger partial charge on any atom is 0.508 e. The molecule has 0 heterocycles. The summed E-state index contributed by atoms with van der Waals surface area (Å²) in [6.45, 7) is 4.25. The molecule has 0 bridgehead atoms. The van der Waals surface area contributed by atoms with Crippen molar-refractivity contribution in [2.45, 2.75) is 20.0 Å². The van der Waals surface area contributed by atoms with E-state index >= 15 is 0 Å². The highest BCUT2D eigenvalue weighted by Gasteiger charge is 2.16. The topological polar surface area (TPSA) is 46.5 Å². The van der Waals surface area contributed by atoms with Crippen molar-refractivity contribution in [3.05, 3.63) is 0 Å². The van der Waals surface area contributed by atoms with E-state index in [1.54, 1.807) is 6.92 Å². The van der Waals surface area contributed by atoms with Gasteiger partial charge in [0.05, 0.1) is 0 Å². The van der Waals surface area contributed by atoms with E-state index in [1.165, 1.54) is 0 Å². The van der Waals surface area contributed by atoms with Gasteiger partial charge in [0.2, 0.25) is 6.16 Å². The van der Waals surface area contributed by atoms with E-state index in [0.29, 0.717) is 6.61 Å². The average molecular weight is 151 g/mol. The van der Waals surface area contributed by atoms with Crippen LogP contribution in [-0.4, -0.2) is 23.8 Å². The molecule has 0 aliphatic carbocycles. The number of hydrogen-bond donors (Lipinski definition) is 1. The third-order valence-electron chi connectivity index (χ3n) is 0.864. The second-order valence-corrected chi connectivity index (χ2v) is 2.87. The van der Waals surface area contributed by atoms with Crippen LogP contribution in [0.2, 0.25) is 0 Å². The minimum atomic E-state index is -2.03. The van der Waals surface area contributed by atoms with Crippen LogP contribution in [0.5, 0.6) is 0 Å². The molecule has 0 saturated heterocycles. The van der Waals surface area contributed by atoms with Gasteiger partial charge >= 0.3 is 8.03 Å². The van der Waals surface area contributed by atoms with Gasteiger partial charge in [0.15, 0.2) is 0 Å². The van der Waals surface area contributed by atoms with E-state index in [1.807, 2.05) is 6.92 Å². The lowest BCUT2D eigenvalue weighted by molar-refractivity contribution is 0.0911. The smallest absolute Gasteiger partial charge is 0.374 e. The Balaban J connectivity index is 3.26. The Hall–Kier alpha value is 0.0200. The molecule has 9 heavy (non-hydrogen) atoms. The van der Waals surface area contributed by atoms with E-state index in [2.05, 4.69) is 0 Å². The molecule has 0 aromatic carbocycles. The van der Waals surface area contributed by atoms with Crippen LogP contribution in [0.3, 0.4) is 0 Å². The van der Waals surface area contributed by atoms with Crippen molar-refractivity contribution < 1.29 is 14.2 Å². The molecule has 0 fully saturated rings. The molecule has 0 amide bonds. The van der Waals surface area contributed by atoms with Gasteiger partial charge in [-0.1, -0.05) is 0 Å². The Morgan fingerprint density at radius 1 is 1.78 bits per heavy atom. The van der Waals surface area contributed by atoms with E-state index in [0.717, 1.165) is 0 Å². The summed E-state index contributed by atoms with van der Waals surface area (Å²) in [5.41, 5.74) is 0. The Morgan fingerprint density at radius 3 is 2.67 bits per heavy atom. The van der Waals surface area contributed by atoms with Crippen molar-refractivity contribution in [2.75, 3.05) is 12.8 Å². The monoisotopic (exact) mass is 151 g/mol. The molecule has 3 nitrogen and oxygen atoms in total. The average Bonchev–Trinajstić information content (AvgIpc) is 1.63. The molecule has 0 aromatic heterocycles. The van der Waals surface area contributed by atoms with Crippen LogP contribution < -0.4 is 0 Å². The third-order valence-corrected chi connectivity index (χ3v) is 1.69. The lowest BCUT2D eigenvalue weighted by atomic mass is 10.5. The van der Waals surface area contributed by atoms with Crippen LogP contribution in [0.25, 0.3) is 0 Å². The van der Waals surface area contributed by atoms with E-state index in [4.69, 9.17) is 9.63 Å². The van der Waals surface area contributed by atoms with Crippen molar-refractivity contribution in [1.82, 2.24) is 0 Å². The summed E-state index contributed by atoms with van der Waals surface area (Å²) in [5, 5.41) is 0. The summed E-state index contributed by atoms with van der Waals surface area (Å²) < 4.78 is 15.2. The summed E-state index contributed by atoms with van der Waals surface area (Å²) >= 11 is 0. The first-order valence-corrected chi connectivity index (χ1v) is 4.31. The molecule has 0 saturated carbocycles. The molecule has 0 aromatic rings. The van der Waals surface area contributed by atoms with Crippen molar-refractivity contribution >= 4 is 8.03 Å². The van der Waals surface area contributed by atoms with Crippen LogP contribution >= 0.6 is 8.03 Å². The van der Waals surface area contributed by atoms with Gasteiger partial charge in [0.1, 0.15) is 6.10 Å². The largest absolute Gasteiger partial charge is 0.508 e. The standard InChI is InChI=1S/C5H11O3P/c1-3-8-5(2)4-9(6)7/h5H,3-4H2,1-2H3/p+1. The SMILES string of the molecule is CCOC(C)C[P+](=O)O. The Kier molecular flexibility index (Phi) is 4.87. The molecular formula is C5H12O3P+. The van der Waals surface area contributed by atoms with Gasteiger partial charge in [0, 0.05) is 6.61 Å². The van der Waals surface area contributed by atoms with Gasteiger partial charge in [-0.25, -0.2) is 0 Å².